The van der Waals surface area contributed by atoms with Crippen LogP contribution in [0.25, 0.3) is 0 Å². The minimum absolute atomic E-state index is 0.935. The van der Waals surface area contributed by atoms with Crippen molar-refractivity contribution in [1.29, 1.82) is 0 Å². The summed E-state index contributed by atoms with van der Waals surface area (Å²) < 4.78 is 95.7. The molecule has 0 bridgehead atoms. The first-order valence-corrected chi connectivity index (χ1v) is 31.7. The van der Waals surface area contributed by atoms with E-state index in [0.717, 1.165) is 0 Å². The first-order valence-electron chi connectivity index (χ1n) is 31.7. The SMILES string of the molecule is OC[C@H]1O[C@@H](O[C@H]2[C@@H](O)[C@@H](CO)O[C@@H](OC[C@H]3O[C@@H](O[C@H]4[C@@H](O)[C@@H](CO)O[C@@H](O[C@@H]5[C@@H](O)[C@H](O)O[C@H](CO)[C@@H]5O)[C@@H]4O)[C@H](O)[C@@H](O[C@@H]4O[C@H](CO)[C@H](O)[C@H](O[C@@H]5O[C@H](CO)[C@H](O)[C@H](O[C@@H]6O[C@H](CO)[C@H](O)[C@H](O[C@@H]7O[C@H](CO)[C@H](O)[C@H](O)[C@H]7O)[C@H]6O)[C@H]5O)[C@H]4O)[C@H]3O)[C@@H]2O)[C@H](O)[C@@H](O)[C@H]1O. The first kappa shape index (κ1) is 82.2. The van der Waals surface area contributed by atoms with Gasteiger partial charge >= 0.3 is 0 Å². The molecule has 0 unspecified atom stereocenters. The molecular formula is C54H92O46. The normalized spacial score (nSPS) is 53.7. The summed E-state index contributed by atoms with van der Waals surface area (Å²) >= 11 is 0. The summed E-state index contributed by atoms with van der Waals surface area (Å²) in [6.07, 6.45) is -94.7. The summed E-state index contributed by atoms with van der Waals surface area (Å²) in [6, 6.07) is 0. The Kier molecular flexibility index (Phi) is 29.2. The van der Waals surface area contributed by atoms with E-state index >= 15 is 0 Å². The molecule has 100 heavy (non-hydrogen) atoms. The van der Waals surface area contributed by atoms with Gasteiger partial charge in [0.15, 0.2) is 56.6 Å². The third kappa shape index (κ3) is 16.9. The molecular weight excluding hydrogens is 1380 g/mol. The lowest BCUT2D eigenvalue weighted by molar-refractivity contribution is -0.402. The van der Waals surface area contributed by atoms with Crippen molar-refractivity contribution in [3.8, 4) is 0 Å². The van der Waals surface area contributed by atoms with Crippen LogP contribution in [0, 0.1) is 0 Å². The van der Waals surface area contributed by atoms with Crippen molar-refractivity contribution in [2.45, 2.75) is 276 Å². The van der Waals surface area contributed by atoms with Crippen LogP contribution >= 0.6 is 0 Å². The van der Waals surface area contributed by atoms with E-state index < -0.39 is 336 Å². The standard InChI is InChI=1S/C54H92O46/c55-1-10-19(63)28(72)30(74)48(87-10)95-40-22(66)13(4-58)86-47(33(40)77)84-9-18-27(71)45(38(82)54(93-18)99-44-26(70)15(6-60)89-50(35(44)79)94-39-21(65)12(3-57)85-46(83)32(39)76)100-53-37(81)43(25(69)17(8-62)92-53)98-52-36(80)42(24(68)16(7-61)91-52)97-51-34(78)41(23(67)14(5-59)90-51)96-49-31(75)29(73)20(64)11(2-56)88-49/h10-83H,1-9H2/t10-,11-,12-,13-,14-,15-,16-,17-,18-,19+,20+,21+,22+,23+,24+,25+,26+,27+,28+,29+,30-,31-,32-,33-,34-,35-,36-,37-,38-,39+,40+,41+,42+,43+,44+,45+,46-,47-,48+,49+,50+,51+,52+,53+,54+/m1/s1. The number of rotatable bonds is 25. The molecule has 0 aromatic rings. The van der Waals surface area contributed by atoms with Crippen molar-refractivity contribution in [1.82, 2.24) is 0 Å². The summed E-state index contributed by atoms with van der Waals surface area (Å²) in [5, 5.41) is 316. The molecule has 584 valence electrons. The van der Waals surface area contributed by atoms with E-state index in [9.17, 15) is 148 Å². The van der Waals surface area contributed by atoms with Crippen molar-refractivity contribution in [3.05, 3.63) is 0 Å². The first-order chi connectivity index (χ1) is 47.4. The van der Waals surface area contributed by atoms with Crippen LogP contribution < -0.4 is 0 Å². The molecule has 45 atom stereocenters. The maximum Gasteiger partial charge on any atom is 0.187 e. The van der Waals surface area contributed by atoms with Crippen molar-refractivity contribution >= 4 is 0 Å². The minimum atomic E-state index is -2.53. The third-order valence-corrected chi connectivity index (χ3v) is 18.8. The van der Waals surface area contributed by atoms with E-state index in [4.69, 9.17) is 80.5 Å². The molecule has 46 nitrogen and oxygen atoms in total. The van der Waals surface area contributed by atoms with Gasteiger partial charge in [0.1, 0.15) is 220 Å². The second kappa shape index (κ2) is 35.5. The van der Waals surface area contributed by atoms with Gasteiger partial charge in [-0.2, -0.15) is 0 Å². The van der Waals surface area contributed by atoms with E-state index in [2.05, 4.69) is 0 Å². The molecule has 9 rings (SSSR count). The van der Waals surface area contributed by atoms with E-state index in [1.165, 1.54) is 0 Å². The van der Waals surface area contributed by atoms with Crippen molar-refractivity contribution in [2.75, 3.05) is 59.5 Å². The summed E-state index contributed by atoms with van der Waals surface area (Å²) in [6.45, 7) is -9.61. The summed E-state index contributed by atoms with van der Waals surface area (Å²) in [7, 11) is 0. The molecule has 0 aromatic carbocycles. The van der Waals surface area contributed by atoms with Crippen LogP contribution in [0.15, 0.2) is 0 Å². The topological polar surface area (TPSA) is 744 Å². The highest BCUT2D eigenvalue weighted by Gasteiger charge is 2.60. The van der Waals surface area contributed by atoms with E-state index in [-0.39, 0.29) is 0 Å². The predicted octanol–water partition coefficient (Wildman–Crippen LogP) is -20.6. The second-order valence-electron chi connectivity index (χ2n) is 25.2. The highest BCUT2D eigenvalue weighted by atomic mass is 16.8. The Balaban J connectivity index is 0.970. The van der Waals surface area contributed by atoms with Crippen molar-refractivity contribution in [3.63, 3.8) is 0 Å². The molecule has 9 aliphatic heterocycles. The van der Waals surface area contributed by atoms with Crippen LogP contribution in [0.4, 0.5) is 0 Å². The zero-order valence-electron chi connectivity index (χ0n) is 52.3. The van der Waals surface area contributed by atoms with Crippen LogP contribution in [0.1, 0.15) is 0 Å². The van der Waals surface area contributed by atoms with Gasteiger partial charge in [0.2, 0.25) is 0 Å². The fourth-order valence-electron chi connectivity index (χ4n) is 12.8. The lowest BCUT2D eigenvalue weighted by Crippen LogP contribution is -2.69. The van der Waals surface area contributed by atoms with Gasteiger partial charge in [-0.05, 0) is 0 Å². The highest BCUT2D eigenvalue weighted by molar-refractivity contribution is 5.02. The second-order valence-corrected chi connectivity index (χ2v) is 25.2. The quantitative estimate of drug-likeness (QED) is 0.0404. The van der Waals surface area contributed by atoms with Gasteiger partial charge in [0.25, 0.3) is 0 Å². The van der Waals surface area contributed by atoms with Crippen molar-refractivity contribution in [2.24, 2.45) is 0 Å². The fraction of sp³-hybridized carbons (Fsp3) is 1.00. The van der Waals surface area contributed by atoms with Gasteiger partial charge < -0.3 is 229 Å². The van der Waals surface area contributed by atoms with E-state index in [1.54, 1.807) is 0 Å². The number of hydrogen-bond acceptors (Lipinski definition) is 46. The average molecular weight is 1480 g/mol. The summed E-state index contributed by atoms with van der Waals surface area (Å²) in [5.41, 5.74) is 0. The Morgan fingerprint density at radius 3 is 0.600 bits per heavy atom. The largest absolute Gasteiger partial charge is 0.394 e. The lowest BCUT2D eigenvalue weighted by atomic mass is 9.95. The van der Waals surface area contributed by atoms with Crippen molar-refractivity contribution < 1.29 is 229 Å². The molecule has 9 aliphatic rings. The van der Waals surface area contributed by atoms with Gasteiger partial charge in [-0.25, -0.2) is 0 Å². The molecule has 0 aromatic heterocycles. The molecule has 9 fully saturated rings. The van der Waals surface area contributed by atoms with Crippen LogP contribution in [-0.2, 0) is 80.5 Å². The Hall–Kier alpha value is -1.84. The lowest BCUT2D eigenvalue weighted by Gasteiger charge is -2.50. The van der Waals surface area contributed by atoms with Crippen LogP contribution in [-0.4, -0.2) is 484 Å². The van der Waals surface area contributed by atoms with Gasteiger partial charge in [-0.3, -0.25) is 0 Å². The maximum absolute atomic E-state index is 12.2. The fourth-order valence-corrected chi connectivity index (χ4v) is 12.8. The number of ether oxygens (including phenoxy) is 17. The maximum atomic E-state index is 12.2. The molecule has 0 aliphatic carbocycles. The minimum Gasteiger partial charge on any atom is -0.394 e. The van der Waals surface area contributed by atoms with E-state index in [1.807, 2.05) is 0 Å². The molecule has 29 N–H and O–H groups in total. The molecule has 0 amide bonds. The Bertz CT molecular complexity index is 2460. The Morgan fingerprint density at radius 1 is 0.170 bits per heavy atom. The molecule has 0 radical (unpaired) electrons. The van der Waals surface area contributed by atoms with Gasteiger partial charge in [-0.15, -0.1) is 0 Å². The van der Waals surface area contributed by atoms with E-state index in [0.29, 0.717) is 0 Å². The Morgan fingerprint density at radius 2 is 0.350 bits per heavy atom. The molecule has 9 heterocycles. The van der Waals surface area contributed by atoms with Gasteiger partial charge in [0.05, 0.1) is 59.5 Å². The molecule has 0 spiro atoms. The summed E-state index contributed by atoms with van der Waals surface area (Å²) in [5.74, 6) is 0. The highest BCUT2D eigenvalue weighted by Crippen LogP contribution is 2.39. The molecule has 0 saturated carbocycles. The third-order valence-electron chi connectivity index (χ3n) is 18.8. The monoisotopic (exact) mass is 1480 g/mol. The smallest absolute Gasteiger partial charge is 0.187 e. The molecule has 9 saturated heterocycles. The predicted molar refractivity (Wildman–Crippen MR) is 297 cm³/mol. The van der Waals surface area contributed by atoms with Crippen LogP contribution in [0.5, 0.6) is 0 Å². The number of hydrogen-bond donors (Lipinski definition) is 29. The number of aliphatic hydroxyl groups is 29. The Labute approximate surface area is 563 Å². The zero-order valence-corrected chi connectivity index (χ0v) is 52.3. The van der Waals surface area contributed by atoms with Crippen LogP contribution in [0.2, 0.25) is 0 Å². The van der Waals surface area contributed by atoms with Gasteiger partial charge in [-0.1, -0.05) is 0 Å². The van der Waals surface area contributed by atoms with Crippen LogP contribution in [0.3, 0.4) is 0 Å². The van der Waals surface area contributed by atoms with Gasteiger partial charge in [0, 0.05) is 0 Å². The average Bonchev–Trinajstić information content (AvgIpc) is 0.784. The zero-order chi connectivity index (χ0) is 73.4. The summed E-state index contributed by atoms with van der Waals surface area (Å²) in [4.78, 5) is 0. The molecule has 46 heteroatoms. The number of aliphatic hydroxyl groups excluding tert-OH is 29.